The maximum Gasteiger partial charge on any atom is 0.0411 e. The van der Waals surface area contributed by atoms with Crippen LogP contribution in [0.3, 0.4) is 0 Å². The van der Waals surface area contributed by atoms with Crippen molar-refractivity contribution in [2.45, 2.75) is 57.9 Å². The number of rotatable bonds is 6. The molecule has 1 aromatic heterocycles. The Morgan fingerprint density at radius 3 is 2.68 bits per heavy atom. The molecule has 4 rings (SSSR count). The van der Waals surface area contributed by atoms with Gasteiger partial charge in [-0.15, -0.1) is 0 Å². The van der Waals surface area contributed by atoms with E-state index in [4.69, 9.17) is 0 Å². The first-order valence-electron chi connectivity index (χ1n) is 10.1. The lowest BCUT2D eigenvalue weighted by Gasteiger charge is -2.30. The molecule has 0 radical (unpaired) electrons. The number of aromatic nitrogens is 1. The molecule has 3 heteroatoms. The third-order valence-electron chi connectivity index (χ3n) is 5.85. The predicted octanol–water partition coefficient (Wildman–Crippen LogP) is 4.22. The largest absolute Gasteiger partial charge is 0.371 e. The molecule has 1 aromatic carbocycles. The molecule has 2 heterocycles. The molecule has 25 heavy (non-hydrogen) atoms. The van der Waals surface area contributed by atoms with Gasteiger partial charge in [0.15, 0.2) is 0 Å². The summed E-state index contributed by atoms with van der Waals surface area (Å²) >= 11 is 0. The second kappa shape index (κ2) is 8.09. The Morgan fingerprint density at radius 2 is 1.76 bits per heavy atom. The topological polar surface area (TPSA) is 31.1 Å². The second-order valence-electron chi connectivity index (χ2n) is 7.58. The van der Waals surface area contributed by atoms with Gasteiger partial charge in [-0.1, -0.05) is 18.2 Å². The van der Waals surface area contributed by atoms with Crippen LogP contribution in [0.1, 0.15) is 54.5 Å². The summed E-state index contributed by atoms with van der Waals surface area (Å²) in [6.07, 6.45) is 12.7. The summed E-state index contributed by atoms with van der Waals surface area (Å²) in [7, 11) is 0. The Morgan fingerprint density at radius 1 is 0.920 bits per heavy atom. The summed E-state index contributed by atoms with van der Waals surface area (Å²) in [5.74, 6) is 0. The number of fused-ring (bicyclic) bond motifs is 1. The Bertz CT molecular complexity index is 682. The number of anilines is 1. The second-order valence-corrected chi connectivity index (χ2v) is 7.58. The first-order chi connectivity index (χ1) is 12.4. The molecule has 2 aromatic rings. The standard InChI is InChI=1S/C22H31N3/c1-6-14-25(15-7-1)22-11-5-2-8-19(22)16-23-13-12-18-17-24-21-10-4-3-9-20(18)21/h2,5,8,11,17,23-24H,1,3-4,6-7,9-10,12-16H2. The molecule has 0 bridgehead atoms. The highest BCUT2D eigenvalue weighted by molar-refractivity contribution is 5.53. The lowest BCUT2D eigenvalue weighted by Crippen LogP contribution is -2.31. The van der Waals surface area contributed by atoms with E-state index in [2.05, 4.69) is 45.7 Å². The third kappa shape index (κ3) is 3.92. The quantitative estimate of drug-likeness (QED) is 0.774. The minimum absolute atomic E-state index is 0.972. The summed E-state index contributed by atoms with van der Waals surface area (Å²) in [6, 6.07) is 8.94. The molecule has 1 fully saturated rings. The zero-order valence-electron chi connectivity index (χ0n) is 15.3. The van der Waals surface area contributed by atoms with E-state index in [0.29, 0.717) is 0 Å². The zero-order chi connectivity index (χ0) is 16.9. The Balaban J connectivity index is 1.32. The minimum atomic E-state index is 0.972. The number of H-pyrrole nitrogens is 1. The average molecular weight is 338 g/mol. The molecule has 134 valence electrons. The average Bonchev–Trinajstić information content (AvgIpc) is 3.09. The van der Waals surface area contributed by atoms with Crippen LogP contribution in [-0.2, 0) is 25.8 Å². The summed E-state index contributed by atoms with van der Waals surface area (Å²) in [6.45, 7) is 4.46. The fraction of sp³-hybridized carbons (Fsp3) is 0.545. The van der Waals surface area contributed by atoms with Gasteiger partial charge in [0.05, 0.1) is 0 Å². The number of nitrogens with one attached hydrogen (secondary N) is 2. The molecule has 0 saturated carbocycles. The van der Waals surface area contributed by atoms with Crippen LogP contribution in [0, 0.1) is 0 Å². The maximum atomic E-state index is 3.69. The smallest absolute Gasteiger partial charge is 0.0411 e. The van der Waals surface area contributed by atoms with Gasteiger partial charge in [0.2, 0.25) is 0 Å². The van der Waals surface area contributed by atoms with Crippen LogP contribution in [0.5, 0.6) is 0 Å². The summed E-state index contributed by atoms with van der Waals surface area (Å²) < 4.78 is 0. The molecule has 2 N–H and O–H groups in total. The highest BCUT2D eigenvalue weighted by Crippen LogP contribution is 2.25. The first-order valence-corrected chi connectivity index (χ1v) is 10.1. The van der Waals surface area contributed by atoms with E-state index in [1.807, 2.05) is 0 Å². The number of hydrogen-bond acceptors (Lipinski definition) is 2. The van der Waals surface area contributed by atoms with Crippen molar-refractivity contribution in [2.75, 3.05) is 24.5 Å². The molecular weight excluding hydrogens is 306 g/mol. The van der Waals surface area contributed by atoms with Crippen molar-refractivity contribution in [2.24, 2.45) is 0 Å². The Labute approximate surface area is 151 Å². The summed E-state index contributed by atoms with van der Waals surface area (Å²) in [4.78, 5) is 6.07. The molecule has 2 aliphatic rings. The monoisotopic (exact) mass is 337 g/mol. The van der Waals surface area contributed by atoms with E-state index in [-0.39, 0.29) is 0 Å². The van der Waals surface area contributed by atoms with Gasteiger partial charge in [-0.25, -0.2) is 0 Å². The summed E-state index contributed by atoms with van der Waals surface area (Å²) in [5, 5.41) is 3.69. The van der Waals surface area contributed by atoms with Crippen LogP contribution in [-0.4, -0.2) is 24.6 Å². The molecule has 1 saturated heterocycles. The number of nitrogens with zero attached hydrogens (tertiary/aromatic N) is 1. The normalized spacial score (nSPS) is 17.5. The minimum Gasteiger partial charge on any atom is -0.371 e. The molecule has 0 unspecified atom stereocenters. The number of hydrogen-bond donors (Lipinski definition) is 2. The van der Waals surface area contributed by atoms with Gasteiger partial charge >= 0.3 is 0 Å². The Kier molecular flexibility index (Phi) is 5.41. The third-order valence-corrected chi connectivity index (χ3v) is 5.85. The lowest BCUT2D eigenvalue weighted by molar-refractivity contribution is 0.574. The van der Waals surface area contributed by atoms with Crippen LogP contribution < -0.4 is 10.2 Å². The highest BCUT2D eigenvalue weighted by atomic mass is 15.1. The van der Waals surface area contributed by atoms with Gasteiger partial charge in [-0.3, -0.25) is 0 Å². The molecule has 3 nitrogen and oxygen atoms in total. The van der Waals surface area contributed by atoms with Gasteiger partial charge in [-0.05, 0) is 80.7 Å². The zero-order valence-corrected chi connectivity index (χ0v) is 15.3. The van der Waals surface area contributed by atoms with Gasteiger partial charge in [-0.2, -0.15) is 0 Å². The molecule has 0 atom stereocenters. The lowest BCUT2D eigenvalue weighted by atomic mass is 9.94. The van der Waals surface area contributed by atoms with E-state index in [9.17, 15) is 0 Å². The Hall–Kier alpha value is -1.74. The van der Waals surface area contributed by atoms with Crippen molar-refractivity contribution < 1.29 is 0 Å². The molecule has 1 aliphatic carbocycles. The van der Waals surface area contributed by atoms with Gasteiger partial charge in [0.1, 0.15) is 0 Å². The van der Waals surface area contributed by atoms with Crippen molar-refractivity contribution in [1.29, 1.82) is 0 Å². The number of benzene rings is 1. The molecule has 1 aliphatic heterocycles. The SMILES string of the molecule is c1ccc(N2CCCCC2)c(CNCCc2c[nH]c3c2CCCC3)c1. The summed E-state index contributed by atoms with van der Waals surface area (Å²) in [5.41, 5.74) is 7.53. The van der Waals surface area contributed by atoms with Gasteiger partial charge < -0.3 is 15.2 Å². The van der Waals surface area contributed by atoms with Crippen LogP contribution in [0.25, 0.3) is 0 Å². The van der Waals surface area contributed by atoms with Crippen molar-refractivity contribution in [3.63, 3.8) is 0 Å². The van der Waals surface area contributed by atoms with Gasteiger partial charge in [0.25, 0.3) is 0 Å². The molecular formula is C22H31N3. The first kappa shape index (κ1) is 16.7. The predicted molar refractivity (Wildman–Crippen MR) is 105 cm³/mol. The fourth-order valence-corrected chi connectivity index (χ4v) is 4.45. The van der Waals surface area contributed by atoms with E-state index >= 15 is 0 Å². The number of piperidine rings is 1. The maximum absolute atomic E-state index is 3.69. The molecule has 0 amide bonds. The number of aromatic amines is 1. The van der Waals surface area contributed by atoms with E-state index in [1.165, 1.54) is 80.5 Å². The fourth-order valence-electron chi connectivity index (χ4n) is 4.45. The van der Waals surface area contributed by atoms with Crippen LogP contribution in [0.4, 0.5) is 5.69 Å². The van der Waals surface area contributed by atoms with Crippen molar-refractivity contribution in [3.05, 3.63) is 52.8 Å². The van der Waals surface area contributed by atoms with E-state index in [1.54, 1.807) is 5.56 Å². The van der Waals surface area contributed by atoms with Crippen LogP contribution in [0.2, 0.25) is 0 Å². The highest BCUT2D eigenvalue weighted by Gasteiger charge is 2.15. The number of aryl methyl sites for hydroxylation is 1. The van der Waals surface area contributed by atoms with Crippen molar-refractivity contribution in [1.82, 2.24) is 10.3 Å². The van der Waals surface area contributed by atoms with Crippen molar-refractivity contribution in [3.8, 4) is 0 Å². The van der Waals surface area contributed by atoms with Gasteiger partial charge in [0, 0.05) is 37.2 Å². The van der Waals surface area contributed by atoms with Crippen LogP contribution in [0.15, 0.2) is 30.5 Å². The molecule has 0 spiro atoms. The van der Waals surface area contributed by atoms with Crippen molar-refractivity contribution >= 4 is 5.69 Å². The van der Waals surface area contributed by atoms with Crippen LogP contribution >= 0.6 is 0 Å². The number of para-hydroxylation sites is 1. The van der Waals surface area contributed by atoms with E-state index in [0.717, 1.165) is 19.5 Å². The van der Waals surface area contributed by atoms with E-state index < -0.39 is 0 Å².